The molecule has 1 N–H and O–H groups in total. The molecule has 29 heavy (non-hydrogen) atoms. The van der Waals surface area contributed by atoms with Crippen LogP contribution in [0.2, 0.25) is 5.02 Å². The van der Waals surface area contributed by atoms with E-state index < -0.39 is 12.1 Å². The highest BCUT2D eigenvalue weighted by atomic mass is 35.5. The molecule has 0 bridgehead atoms. The molecule has 1 amide bonds. The summed E-state index contributed by atoms with van der Waals surface area (Å²) in [5.74, 6) is -0.112. The first kappa shape index (κ1) is 20.7. The number of methoxy groups -OCH3 is 2. The van der Waals surface area contributed by atoms with Crippen LogP contribution in [0.3, 0.4) is 0 Å². The predicted molar refractivity (Wildman–Crippen MR) is 110 cm³/mol. The summed E-state index contributed by atoms with van der Waals surface area (Å²) < 4.78 is 15.9. The van der Waals surface area contributed by atoms with Gasteiger partial charge in [0.15, 0.2) is 11.5 Å². The highest BCUT2D eigenvalue weighted by Gasteiger charge is 2.30. The molecule has 1 aliphatic carbocycles. The van der Waals surface area contributed by atoms with Gasteiger partial charge in [-0.3, -0.25) is 4.79 Å². The molecule has 7 heteroatoms. The molecular formula is C22H22ClNO5. The maximum Gasteiger partial charge on any atom is 0.331 e. The lowest BCUT2D eigenvalue weighted by Gasteiger charge is -2.17. The van der Waals surface area contributed by atoms with Crippen molar-refractivity contribution in [1.29, 1.82) is 0 Å². The van der Waals surface area contributed by atoms with E-state index in [-0.39, 0.29) is 11.9 Å². The van der Waals surface area contributed by atoms with Crippen LogP contribution in [0.1, 0.15) is 30.1 Å². The maximum absolute atomic E-state index is 12.5. The van der Waals surface area contributed by atoms with Gasteiger partial charge in [0.05, 0.1) is 19.2 Å². The molecule has 0 saturated heterocycles. The van der Waals surface area contributed by atoms with Crippen molar-refractivity contribution in [3.05, 3.63) is 64.7 Å². The topological polar surface area (TPSA) is 73.9 Å². The highest BCUT2D eigenvalue weighted by molar-refractivity contribution is 6.32. The lowest BCUT2D eigenvalue weighted by Crippen LogP contribution is -2.33. The second-order valence-electron chi connectivity index (χ2n) is 6.58. The second-order valence-corrected chi connectivity index (χ2v) is 6.99. The van der Waals surface area contributed by atoms with Crippen molar-refractivity contribution in [2.45, 2.75) is 25.0 Å². The number of hydrogen-bond acceptors (Lipinski definition) is 5. The van der Waals surface area contributed by atoms with Gasteiger partial charge in [-0.2, -0.15) is 0 Å². The first-order chi connectivity index (χ1) is 14.0. The number of amides is 1. The number of halogens is 1. The van der Waals surface area contributed by atoms with E-state index in [0.29, 0.717) is 27.6 Å². The molecule has 1 aliphatic rings. The minimum atomic E-state index is -1.01. The number of esters is 1. The summed E-state index contributed by atoms with van der Waals surface area (Å²) in [4.78, 5) is 24.9. The van der Waals surface area contributed by atoms with E-state index in [1.54, 1.807) is 36.4 Å². The van der Waals surface area contributed by atoms with Crippen molar-refractivity contribution in [3.63, 3.8) is 0 Å². The number of nitrogens with one attached hydrogen (secondary N) is 1. The average molecular weight is 416 g/mol. The molecule has 0 aromatic heterocycles. The van der Waals surface area contributed by atoms with Crippen LogP contribution in [0.4, 0.5) is 0 Å². The van der Waals surface area contributed by atoms with Crippen molar-refractivity contribution in [2.75, 3.05) is 14.2 Å². The Morgan fingerprint density at radius 3 is 2.48 bits per heavy atom. The Labute approximate surface area is 174 Å². The molecule has 0 spiro atoms. The lowest BCUT2D eigenvalue weighted by molar-refractivity contribution is -0.151. The van der Waals surface area contributed by atoms with E-state index in [4.69, 9.17) is 25.8 Å². The lowest BCUT2D eigenvalue weighted by atomic mass is 10.1. The summed E-state index contributed by atoms with van der Waals surface area (Å²) in [6.07, 6.45) is 3.67. The van der Waals surface area contributed by atoms with Crippen LogP contribution in [0.5, 0.6) is 11.5 Å². The van der Waals surface area contributed by atoms with Gasteiger partial charge in [0.1, 0.15) is 0 Å². The molecule has 0 radical (unpaired) electrons. The number of benzene rings is 2. The van der Waals surface area contributed by atoms with Crippen molar-refractivity contribution >= 4 is 29.6 Å². The monoisotopic (exact) mass is 415 g/mol. The number of ether oxygens (including phenoxy) is 3. The fraction of sp³-hybridized carbons (Fsp3) is 0.273. The molecule has 2 aromatic carbocycles. The Hall–Kier alpha value is -2.99. The van der Waals surface area contributed by atoms with Crippen molar-refractivity contribution in [2.24, 2.45) is 0 Å². The number of rotatable bonds is 8. The van der Waals surface area contributed by atoms with Crippen LogP contribution in [0.15, 0.2) is 48.5 Å². The van der Waals surface area contributed by atoms with Crippen LogP contribution in [0, 0.1) is 0 Å². The number of carbonyl (C=O) groups is 2. The zero-order valence-electron chi connectivity index (χ0n) is 16.2. The normalized spacial score (nSPS) is 14.3. The third-order valence-corrected chi connectivity index (χ3v) is 4.65. The van der Waals surface area contributed by atoms with Crippen LogP contribution < -0.4 is 14.8 Å². The number of carbonyl (C=O) groups excluding carboxylic acids is 2. The molecule has 6 nitrogen and oxygen atoms in total. The minimum Gasteiger partial charge on any atom is -0.493 e. The van der Waals surface area contributed by atoms with Gasteiger partial charge in [0.2, 0.25) is 6.10 Å². The summed E-state index contributed by atoms with van der Waals surface area (Å²) >= 11 is 6.18. The fourth-order valence-electron chi connectivity index (χ4n) is 2.76. The van der Waals surface area contributed by atoms with Gasteiger partial charge in [-0.05, 0) is 36.6 Å². The largest absolute Gasteiger partial charge is 0.493 e. The molecule has 0 unspecified atom stereocenters. The quantitative estimate of drug-likeness (QED) is 0.522. The van der Waals surface area contributed by atoms with Gasteiger partial charge in [-0.15, -0.1) is 0 Å². The van der Waals surface area contributed by atoms with Gasteiger partial charge in [-0.1, -0.05) is 41.9 Å². The smallest absolute Gasteiger partial charge is 0.331 e. The molecule has 0 aliphatic heterocycles. The summed E-state index contributed by atoms with van der Waals surface area (Å²) in [6, 6.07) is 12.4. The Balaban J connectivity index is 1.74. The maximum atomic E-state index is 12.5. The molecule has 1 saturated carbocycles. The van der Waals surface area contributed by atoms with Gasteiger partial charge >= 0.3 is 5.97 Å². The van der Waals surface area contributed by atoms with Crippen LogP contribution >= 0.6 is 11.6 Å². The summed E-state index contributed by atoms with van der Waals surface area (Å²) in [5.41, 5.74) is 1.24. The molecule has 2 aromatic rings. The predicted octanol–water partition coefficient (Wildman–Crippen LogP) is 3.93. The zero-order valence-corrected chi connectivity index (χ0v) is 16.9. The molecule has 0 heterocycles. The van der Waals surface area contributed by atoms with Crippen molar-refractivity contribution in [1.82, 2.24) is 5.32 Å². The van der Waals surface area contributed by atoms with Crippen LogP contribution in [-0.4, -0.2) is 32.1 Å². The van der Waals surface area contributed by atoms with E-state index in [1.165, 1.54) is 26.4 Å². The molecular weight excluding hydrogens is 394 g/mol. The van der Waals surface area contributed by atoms with E-state index >= 15 is 0 Å². The third kappa shape index (κ3) is 5.51. The summed E-state index contributed by atoms with van der Waals surface area (Å²) in [5, 5.41) is 3.23. The standard InChI is InChI=1S/C22H22ClNO5/c1-27-18-13-14(12-17(23)21(18)28-2)8-11-19(25)29-20(15-6-4-3-5-7-15)22(26)24-16-9-10-16/h3-8,11-13,16,20H,9-10H2,1-2H3,(H,24,26)/b11-8+/t20-/m1/s1. The highest BCUT2D eigenvalue weighted by Crippen LogP contribution is 2.36. The Morgan fingerprint density at radius 2 is 1.86 bits per heavy atom. The summed E-state index contributed by atoms with van der Waals surface area (Å²) in [6.45, 7) is 0. The van der Waals surface area contributed by atoms with Gasteiger partial charge in [0, 0.05) is 17.7 Å². The Kier molecular flexibility index (Phi) is 6.77. The first-order valence-electron chi connectivity index (χ1n) is 9.17. The van der Waals surface area contributed by atoms with E-state index in [1.807, 2.05) is 6.07 Å². The third-order valence-electron chi connectivity index (χ3n) is 4.37. The van der Waals surface area contributed by atoms with Gasteiger partial charge in [0.25, 0.3) is 5.91 Å². The van der Waals surface area contributed by atoms with E-state index in [0.717, 1.165) is 12.8 Å². The zero-order chi connectivity index (χ0) is 20.8. The van der Waals surface area contributed by atoms with Crippen molar-refractivity contribution < 1.29 is 23.8 Å². The summed E-state index contributed by atoms with van der Waals surface area (Å²) in [7, 11) is 2.99. The van der Waals surface area contributed by atoms with E-state index in [2.05, 4.69) is 5.32 Å². The molecule has 3 rings (SSSR count). The Bertz CT molecular complexity index is 909. The fourth-order valence-corrected chi connectivity index (χ4v) is 3.06. The van der Waals surface area contributed by atoms with E-state index in [9.17, 15) is 9.59 Å². The van der Waals surface area contributed by atoms with Crippen LogP contribution in [-0.2, 0) is 14.3 Å². The average Bonchev–Trinajstić information content (AvgIpc) is 3.54. The molecule has 1 atom stereocenters. The first-order valence-corrected chi connectivity index (χ1v) is 9.55. The van der Waals surface area contributed by atoms with Crippen molar-refractivity contribution in [3.8, 4) is 11.5 Å². The number of hydrogen-bond donors (Lipinski definition) is 1. The van der Waals surface area contributed by atoms with Gasteiger partial charge in [-0.25, -0.2) is 4.79 Å². The van der Waals surface area contributed by atoms with Gasteiger partial charge < -0.3 is 19.5 Å². The SMILES string of the molecule is COc1cc(/C=C/C(=O)O[C@@H](C(=O)NC2CC2)c2ccccc2)cc(Cl)c1OC. The minimum absolute atomic E-state index is 0.164. The Morgan fingerprint density at radius 1 is 1.14 bits per heavy atom. The molecule has 152 valence electrons. The second kappa shape index (κ2) is 9.47. The molecule has 1 fully saturated rings. The van der Waals surface area contributed by atoms with Crippen LogP contribution in [0.25, 0.3) is 6.08 Å².